The van der Waals surface area contributed by atoms with Crippen molar-refractivity contribution in [3.8, 4) is 0 Å². The van der Waals surface area contributed by atoms with Gasteiger partial charge in [-0.2, -0.15) is 4.72 Å². The first-order chi connectivity index (χ1) is 15.3. The molecule has 0 spiro atoms. The van der Waals surface area contributed by atoms with E-state index >= 15 is 0 Å². The molecule has 0 aliphatic heterocycles. The lowest BCUT2D eigenvalue weighted by atomic mass is 9.92. The van der Waals surface area contributed by atoms with Crippen LogP contribution in [0.1, 0.15) is 43.6 Å². The molecule has 3 rings (SSSR count). The molecule has 1 atom stereocenters. The van der Waals surface area contributed by atoms with Gasteiger partial charge in [0.1, 0.15) is 0 Å². The SMILES string of the molecule is CC(C)OP(=O)(OC(C)C)C1(NS(=O)(=O)c2ccc(Cl)cc2)C=C(Br)C(=O)c2ccccc21. The van der Waals surface area contributed by atoms with Crippen LogP contribution in [0.15, 0.2) is 64.0 Å². The average molecular weight is 577 g/mol. The van der Waals surface area contributed by atoms with E-state index in [0.29, 0.717) is 5.02 Å². The molecule has 1 unspecified atom stereocenters. The summed E-state index contributed by atoms with van der Waals surface area (Å²) in [6.07, 6.45) is 0.100. The quantitative estimate of drug-likeness (QED) is 0.388. The molecule has 0 amide bonds. The second-order valence-electron chi connectivity index (χ2n) is 8.00. The van der Waals surface area contributed by atoms with Crippen molar-refractivity contribution in [3.05, 3.63) is 75.2 Å². The van der Waals surface area contributed by atoms with E-state index in [9.17, 15) is 17.8 Å². The minimum Gasteiger partial charge on any atom is -0.304 e. The van der Waals surface area contributed by atoms with Crippen LogP contribution in [0.25, 0.3) is 0 Å². The van der Waals surface area contributed by atoms with Crippen LogP contribution in [-0.2, 0) is 28.9 Å². The standard InChI is InChI=1S/C22H24BrClNO6PS/c1-14(2)30-32(27,31-15(3)4)22(25-33(28,29)17-11-9-16(24)10-12-17)13-20(23)21(26)18-7-5-6-8-19(18)22/h5-15,25H,1-4H3. The molecule has 2 aromatic rings. The number of carbonyl (C=O) groups is 1. The Kier molecular flexibility index (Phi) is 7.76. The maximum atomic E-state index is 14.5. The molecular weight excluding hydrogens is 553 g/mol. The third-order valence-electron chi connectivity index (χ3n) is 4.68. The van der Waals surface area contributed by atoms with Gasteiger partial charge in [-0.25, -0.2) is 8.42 Å². The first-order valence-corrected chi connectivity index (χ1v) is 14.3. The third kappa shape index (κ3) is 5.20. The first kappa shape index (κ1) is 26.3. The van der Waals surface area contributed by atoms with E-state index in [1.54, 1.807) is 39.8 Å². The summed E-state index contributed by atoms with van der Waals surface area (Å²) in [6.45, 7) is 6.65. The van der Waals surface area contributed by atoms with Crippen molar-refractivity contribution in [1.82, 2.24) is 4.72 Å². The van der Waals surface area contributed by atoms with Crippen molar-refractivity contribution in [3.63, 3.8) is 0 Å². The zero-order valence-corrected chi connectivity index (χ0v) is 22.5. The van der Waals surface area contributed by atoms with Crippen LogP contribution >= 0.6 is 35.1 Å². The summed E-state index contributed by atoms with van der Waals surface area (Å²) in [7, 11) is -8.63. The summed E-state index contributed by atoms with van der Waals surface area (Å²) >= 11 is 9.14. The molecule has 1 aliphatic rings. The van der Waals surface area contributed by atoms with Crippen molar-refractivity contribution in [2.24, 2.45) is 0 Å². The van der Waals surface area contributed by atoms with E-state index < -0.39 is 35.1 Å². The zero-order valence-electron chi connectivity index (χ0n) is 18.4. The second-order valence-corrected chi connectivity index (χ2v) is 13.1. The fourth-order valence-corrected chi connectivity index (χ4v) is 8.59. The molecule has 0 radical (unpaired) electrons. The van der Waals surface area contributed by atoms with E-state index in [1.807, 2.05) is 0 Å². The smallest absolute Gasteiger partial charge is 0.304 e. The van der Waals surface area contributed by atoms with Crippen LogP contribution < -0.4 is 4.72 Å². The zero-order chi connectivity index (χ0) is 24.6. The van der Waals surface area contributed by atoms with Crippen LogP contribution in [0.3, 0.4) is 0 Å². The number of benzene rings is 2. The summed E-state index contributed by atoms with van der Waals surface area (Å²) in [6, 6.07) is 11.9. The van der Waals surface area contributed by atoms with Crippen LogP contribution in [0.2, 0.25) is 5.02 Å². The number of allylic oxidation sites excluding steroid dienone is 1. The molecule has 0 saturated carbocycles. The van der Waals surface area contributed by atoms with Gasteiger partial charge in [-0.05, 0) is 74.0 Å². The molecule has 0 bridgehead atoms. The Morgan fingerprint density at radius 3 is 2.09 bits per heavy atom. The Morgan fingerprint density at radius 2 is 1.55 bits per heavy atom. The van der Waals surface area contributed by atoms with Crippen LogP contribution in [-0.4, -0.2) is 26.4 Å². The number of nitrogens with one attached hydrogen (secondary N) is 1. The number of hydrogen-bond donors (Lipinski definition) is 1. The summed E-state index contributed by atoms with van der Waals surface area (Å²) in [5, 5.41) is -1.67. The van der Waals surface area contributed by atoms with Gasteiger partial charge in [0.15, 0.2) is 11.1 Å². The van der Waals surface area contributed by atoms with Crippen molar-refractivity contribution >= 4 is 50.9 Å². The van der Waals surface area contributed by atoms with E-state index in [4.69, 9.17) is 20.6 Å². The third-order valence-corrected chi connectivity index (χ3v) is 9.90. The van der Waals surface area contributed by atoms with Gasteiger partial charge in [0.2, 0.25) is 10.0 Å². The maximum absolute atomic E-state index is 14.5. The Hall–Kier alpha value is -1.32. The minimum atomic E-state index is -4.34. The Labute approximate surface area is 207 Å². The highest BCUT2D eigenvalue weighted by Gasteiger charge is 2.58. The number of halogens is 2. The average Bonchev–Trinajstić information content (AvgIpc) is 2.70. The minimum absolute atomic E-state index is 0.0277. The van der Waals surface area contributed by atoms with E-state index in [1.165, 1.54) is 42.5 Å². The van der Waals surface area contributed by atoms with Gasteiger partial charge in [-0.3, -0.25) is 9.36 Å². The van der Waals surface area contributed by atoms with Gasteiger partial charge in [0.25, 0.3) is 0 Å². The molecule has 0 heterocycles. The molecule has 7 nitrogen and oxygen atoms in total. The molecule has 0 fully saturated rings. The molecule has 1 N–H and O–H groups in total. The summed E-state index contributed by atoms with van der Waals surface area (Å²) in [4.78, 5) is 12.8. The second kappa shape index (κ2) is 9.74. The normalized spacial score (nSPS) is 19.0. The molecule has 0 saturated heterocycles. The summed E-state index contributed by atoms with van der Waals surface area (Å²) < 4.78 is 55.8. The lowest BCUT2D eigenvalue weighted by molar-refractivity contribution is 0.103. The number of carbonyl (C=O) groups excluding carboxylic acids is 1. The number of sulfonamides is 1. The van der Waals surface area contributed by atoms with Gasteiger partial charge in [0, 0.05) is 16.1 Å². The highest BCUT2D eigenvalue weighted by molar-refractivity contribution is 9.12. The predicted octanol–water partition coefficient (Wildman–Crippen LogP) is 5.99. The molecular formula is C22H24BrClNO6PS. The fraction of sp³-hybridized carbons (Fsp3) is 0.318. The first-order valence-electron chi connectivity index (χ1n) is 10.1. The predicted molar refractivity (Wildman–Crippen MR) is 131 cm³/mol. The summed E-state index contributed by atoms with van der Waals surface area (Å²) in [5.41, 5.74) is 0.339. The highest BCUT2D eigenvalue weighted by Crippen LogP contribution is 2.67. The molecule has 11 heteroatoms. The highest BCUT2D eigenvalue weighted by atomic mass is 79.9. The lowest BCUT2D eigenvalue weighted by Crippen LogP contribution is -2.48. The van der Waals surface area contributed by atoms with Crippen LogP contribution in [0.4, 0.5) is 0 Å². The largest absolute Gasteiger partial charge is 0.360 e. The van der Waals surface area contributed by atoms with Crippen molar-refractivity contribution in [1.29, 1.82) is 0 Å². The van der Waals surface area contributed by atoms with Gasteiger partial charge >= 0.3 is 7.60 Å². The van der Waals surface area contributed by atoms with Gasteiger partial charge < -0.3 is 9.05 Å². The van der Waals surface area contributed by atoms with Crippen molar-refractivity contribution in [2.45, 2.75) is 50.1 Å². The van der Waals surface area contributed by atoms with Crippen LogP contribution in [0, 0.1) is 0 Å². The van der Waals surface area contributed by atoms with E-state index in [0.717, 1.165) is 0 Å². The molecule has 2 aromatic carbocycles. The number of hydrogen-bond acceptors (Lipinski definition) is 6. The monoisotopic (exact) mass is 575 g/mol. The topological polar surface area (TPSA) is 98.8 Å². The maximum Gasteiger partial charge on any atom is 0.360 e. The van der Waals surface area contributed by atoms with Crippen LogP contribution in [0.5, 0.6) is 0 Å². The molecule has 1 aliphatic carbocycles. The number of Topliss-reactive ketones (excluding diaryl/α,β-unsaturated/α-hetero) is 1. The number of rotatable bonds is 8. The van der Waals surface area contributed by atoms with Gasteiger partial charge in [0.05, 0.1) is 21.6 Å². The summed E-state index contributed by atoms with van der Waals surface area (Å²) in [5.74, 6) is -0.382. The number of fused-ring (bicyclic) bond motifs is 1. The van der Waals surface area contributed by atoms with Gasteiger partial charge in [-0.1, -0.05) is 35.9 Å². The molecule has 33 heavy (non-hydrogen) atoms. The Bertz CT molecular complexity index is 1230. The van der Waals surface area contributed by atoms with E-state index in [-0.39, 0.29) is 26.3 Å². The van der Waals surface area contributed by atoms with Crippen molar-refractivity contribution in [2.75, 3.05) is 0 Å². The molecule has 0 aromatic heterocycles. The van der Waals surface area contributed by atoms with Crippen molar-refractivity contribution < 1.29 is 26.8 Å². The fourth-order valence-electron chi connectivity index (χ4n) is 3.46. The lowest BCUT2D eigenvalue weighted by Gasteiger charge is -2.41. The van der Waals surface area contributed by atoms with Gasteiger partial charge in [-0.15, -0.1) is 0 Å². The van der Waals surface area contributed by atoms with E-state index in [2.05, 4.69) is 20.7 Å². The Morgan fingerprint density at radius 1 is 1.00 bits per heavy atom. The number of ketones is 1. The molecule has 178 valence electrons. The Balaban J connectivity index is 2.35.